The number of aromatic hydroxyl groups is 1. The van der Waals surface area contributed by atoms with Crippen LogP contribution in [0.3, 0.4) is 0 Å². The summed E-state index contributed by atoms with van der Waals surface area (Å²) in [5.74, 6) is 1.45. The molecule has 1 saturated carbocycles. The molecule has 2 N–H and O–H groups in total. The van der Waals surface area contributed by atoms with Crippen molar-refractivity contribution in [1.29, 1.82) is 0 Å². The molecule has 2 fully saturated rings. The van der Waals surface area contributed by atoms with Gasteiger partial charge in [-0.25, -0.2) is 0 Å². The van der Waals surface area contributed by atoms with Crippen LogP contribution in [0.15, 0.2) is 54.6 Å². The number of benzene rings is 3. The van der Waals surface area contributed by atoms with E-state index in [1.807, 2.05) is 30.3 Å². The summed E-state index contributed by atoms with van der Waals surface area (Å²) in [6, 6.07) is 17.9. The molecule has 40 heavy (non-hydrogen) atoms. The van der Waals surface area contributed by atoms with Crippen LogP contribution in [0, 0.1) is 5.92 Å². The molecule has 7 heteroatoms. The minimum Gasteiger partial charge on any atom is -0.504 e. The summed E-state index contributed by atoms with van der Waals surface area (Å²) in [7, 11) is 0. The molecule has 3 heterocycles. The molecule has 4 aromatic rings. The van der Waals surface area contributed by atoms with E-state index in [9.17, 15) is 10.2 Å². The van der Waals surface area contributed by atoms with Gasteiger partial charge in [0.1, 0.15) is 0 Å². The van der Waals surface area contributed by atoms with Crippen molar-refractivity contribution in [3.8, 4) is 11.5 Å². The van der Waals surface area contributed by atoms with Gasteiger partial charge in [0, 0.05) is 52.1 Å². The Bertz CT molecular complexity index is 1750. The lowest BCUT2D eigenvalue weighted by molar-refractivity contribution is -0.173. The lowest BCUT2D eigenvalue weighted by atomic mass is 9.49. The van der Waals surface area contributed by atoms with E-state index in [0.717, 1.165) is 65.1 Å². The quantitative estimate of drug-likeness (QED) is 0.297. The van der Waals surface area contributed by atoms with E-state index in [2.05, 4.69) is 27.7 Å². The number of aliphatic hydroxyl groups is 1. The van der Waals surface area contributed by atoms with E-state index in [-0.39, 0.29) is 11.8 Å². The highest BCUT2D eigenvalue weighted by Gasteiger charge is 2.73. The average Bonchev–Trinajstić information content (AvgIpc) is 3.61. The molecule has 1 aromatic heterocycles. The zero-order valence-corrected chi connectivity index (χ0v) is 23.5. The van der Waals surface area contributed by atoms with Crippen molar-refractivity contribution in [2.75, 3.05) is 13.1 Å². The van der Waals surface area contributed by atoms with Crippen molar-refractivity contribution in [3.05, 3.63) is 92.6 Å². The smallest absolute Gasteiger partial charge is 0.166 e. The Kier molecular flexibility index (Phi) is 4.78. The molecule has 2 aliphatic heterocycles. The topological polar surface area (TPSA) is 57.9 Å². The molecule has 5 aliphatic rings. The number of aromatic nitrogens is 1. The first-order valence-electron chi connectivity index (χ1n) is 14.4. The van der Waals surface area contributed by atoms with Crippen LogP contribution in [0.5, 0.6) is 11.5 Å². The molecule has 4 atom stereocenters. The van der Waals surface area contributed by atoms with E-state index in [1.165, 1.54) is 18.4 Å². The number of hydrogen-bond acceptors (Lipinski definition) is 4. The van der Waals surface area contributed by atoms with Crippen LogP contribution in [0.25, 0.3) is 10.9 Å². The summed E-state index contributed by atoms with van der Waals surface area (Å²) in [6.45, 7) is 2.59. The lowest BCUT2D eigenvalue weighted by Gasteiger charge is -2.63. The van der Waals surface area contributed by atoms with Gasteiger partial charge in [-0.3, -0.25) is 4.90 Å². The average molecular weight is 574 g/mol. The van der Waals surface area contributed by atoms with E-state index in [1.54, 1.807) is 6.07 Å². The van der Waals surface area contributed by atoms with Gasteiger partial charge >= 0.3 is 0 Å². The van der Waals surface area contributed by atoms with Crippen molar-refractivity contribution in [2.24, 2.45) is 5.92 Å². The summed E-state index contributed by atoms with van der Waals surface area (Å²) < 4.78 is 9.22. The van der Waals surface area contributed by atoms with Gasteiger partial charge in [0.15, 0.2) is 17.6 Å². The van der Waals surface area contributed by atoms with Crippen LogP contribution in [0.1, 0.15) is 53.3 Å². The predicted molar refractivity (Wildman–Crippen MR) is 156 cm³/mol. The number of phenolic OH excluding ortho intramolecular Hbond substituents is 1. The largest absolute Gasteiger partial charge is 0.504 e. The highest BCUT2D eigenvalue weighted by molar-refractivity contribution is 6.31. The van der Waals surface area contributed by atoms with Crippen molar-refractivity contribution < 1.29 is 14.9 Å². The maximum Gasteiger partial charge on any atom is 0.166 e. The first-order valence-corrected chi connectivity index (χ1v) is 15.2. The highest BCUT2D eigenvalue weighted by atomic mass is 35.5. The summed E-state index contributed by atoms with van der Waals surface area (Å²) in [6.07, 6.45) is 4.24. The number of piperidine rings is 1. The van der Waals surface area contributed by atoms with Crippen molar-refractivity contribution >= 4 is 34.1 Å². The SMILES string of the molecule is Oc1ccc2c3c1O[C@H]1c4c(c5cc(Cl)ccc5n4Cc4cccc(Cl)c4)C[C@@]4(O)[C@H](C2)N(CC2CC2)CC[C@]314. The second-order valence-corrected chi connectivity index (χ2v) is 13.5. The predicted octanol–water partition coefficient (Wildman–Crippen LogP) is 6.40. The Morgan fingerprint density at radius 3 is 2.70 bits per heavy atom. The Morgan fingerprint density at radius 1 is 1.02 bits per heavy atom. The minimum absolute atomic E-state index is 0.00499. The van der Waals surface area contributed by atoms with Crippen LogP contribution in [-0.2, 0) is 24.8 Å². The van der Waals surface area contributed by atoms with Gasteiger partial charge in [-0.2, -0.15) is 0 Å². The summed E-state index contributed by atoms with van der Waals surface area (Å²) >= 11 is 13.0. The third-order valence-corrected chi connectivity index (χ3v) is 11.1. The Labute approximate surface area is 242 Å². The molecule has 0 unspecified atom stereocenters. The van der Waals surface area contributed by atoms with Gasteiger partial charge in [0.2, 0.25) is 0 Å². The fraction of sp³-hybridized carbons (Fsp3) is 0.394. The Hall–Kier alpha value is -2.70. The van der Waals surface area contributed by atoms with Crippen LogP contribution < -0.4 is 4.74 Å². The third-order valence-electron chi connectivity index (χ3n) is 10.6. The number of likely N-dealkylation sites (tertiary alicyclic amines) is 1. The van der Waals surface area contributed by atoms with Gasteiger partial charge in [-0.05, 0) is 91.2 Å². The Balaban J connectivity index is 1.32. The Morgan fingerprint density at radius 2 is 1.88 bits per heavy atom. The van der Waals surface area contributed by atoms with Crippen molar-refractivity contribution in [1.82, 2.24) is 9.47 Å². The van der Waals surface area contributed by atoms with Crippen molar-refractivity contribution in [3.63, 3.8) is 0 Å². The van der Waals surface area contributed by atoms with Gasteiger partial charge in [-0.15, -0.1) is 0 Å². The van der Waals surface area contributed by atoms with Gasteiger partial charge in [-0.1, -0.05) is 41.4 Å². The molecule has 9 rings (SSSR count). The third kappa shape index (κ3) is 2.97. The number of phenols is 1. The normalized spacial score (nSPS) is 29.8. The fourth-order valence-electron chi connectivity index (χ4n) is 8.81. The highest BCUT2D eigenvalue weighted by Crippen LogP contribution is 2.69. The standard InChI is InChI=1S/C33H30Cl2N2O3/c34-21-3-1-2-19(12-21)17-37-25-8-7-22(35)14-23(25)24-15-33(39)27-13-20-6-9-26(38)30-28(20)32(33,31(40-30)29(24)37)10-11-36(27)16-18-4-5-18/h1-3,6-9,12,14,18,27,31,38-39H,4-5,10-11,13,15-17H2/t27-,31-,32-,33+/m0/s1. The van der Waals surface area contributed by atoms with E-state index in [0.29, 0.717) is 28.8 Å². The molecule has 0 amide bonds. The monoisotopic (exact) mass is 572 g/mol. The van der Waals surface area contributed by atoms with Gasteiger partial charge in [0.05, 0.1) is 16.7 Å². The van der Waals surface area contributed by atoms with E-state index in [4.69, 9.17) is 27.9 Å². The van der Waals surface area contributed by atoms with E-state index < -0.39 is 17.1 Å². The molecule has 0 radical (unpaired) electrons. The molecule has 3 aromatic carbocycles. The summed E-state index contributed by atoms with van der Waals surface area (Å²) in [5, 5.41) is 26.7. The number of ether oxygens (including phenoxy) is 1. The molecule has 1 spiro atoms. The second kappa shape index (κ2) is 7.98. The molecule has 3 aliphatic carbocycles. The number of rotatable bonds is 4. The first kappa shape index (κ1) is 24.0. The fourth-order valence-corrected chi connectivity index (χ4v) is 9.20. The zero-order valence-electron chi connectivity index (χ0n) is 22.0. The van der Waals surface area contributed by atoms with Crippen LogP contribution >= 0.6 is 23.2 Å². The number of fused-ring (bicyclic) bond motifs is 4. The maximum absolute atomic E-state index is 13.2. The minimum atomic E-state index is -1.03. The van der Waals surface area contributed by atoms with E-state index >= 15 is 0 Å². The molecular weight excluding hydrogens is 543 g/mol. The zero-order chi connectivity index (χ0) is 27.0. The van der Waals surface area contributed by atoms with Crippen LogP contribution in [0.4, 0.5) is 0 Å². The molecule has 2 bridgehead atoms. The molecular formula is C33H30Cl2N2O3. The second-order valence-electron chi connectivity index (χ2n) is 12.7. The number of nitrogens with zero attached hydrogens (tertiary/aromatic N) is 2. The first-order chi connectivity index (χ1) is 19.4. The number of hydrogen-bond donors (Lipinski definition) is 2. The molecule has 1 saturated heterocycles. The molecule has 204 valence electrons. The summed E-state index contributed by atoms with van der Waals surface area (Å²) in [5.41, 5.74) is 4.94. The van der Waals surface area contributed by atoms with Crippen LogP contribution in [-0.4, -0.2) is 44.4 Å². The summed E-state index contributed by atoms with van der Waals surface area (Å²) in [4.78, 5) is 2.57. The van der Waals surface area contributed by atoms with Gasteiger partial charge < -0.3 is 19.5 Å². The molecule has 5 nitrogen and oxygen atoms in total. The van der Waals surface area contributed by atoms with Gasteiger partial charge in [0.25, 0.3) is 0 Å². The van der Waals surface area contributed by atoms with Crippen molar-refractivity contribution in [2.45, 2.75) is 61.8 Å². The van der Waals surface area contributed by atoms with Crippen LogP contribution in [0.2, 0.25) is 10.0 Å². The number of halogens is 2. The maximum atomic E-state index is 13.2. The lowest BCUT2D eigenvalue weighted by Crippen LogP contribution is -2.74.